The van der Waals surface area contributed by atoms with E-state index in [2.05, 4.69) is 10.8 Å². The number of hydrogen-bond acceptors (Lipinski definition) is 2. The first kappa shape index (κ1) is 11.0. The number of unbranched alkanes of at least 4 members (excludes halogenated alkanes) is 1. The highest BCUT2D eigenvalue weighted by Gasteiger charge is 1.92. The maximum Gasteiger partial charge on any atom is 0.309 e. The summed E-state index contributed by atoms with van der Waals surface area (Å²) in [6, 6.07) is 0. The molecule has 0 radical (unpaired) electrons. The predicted molar refractivity (Wildman–Crippen MR) is 49.8 cm³/mol. The Labute approximate surface area is 73.9 Å². The summed E-state index contributed by atoms with van der Waals surface area (Å²) in [6.07, 6.45) is 10.4. The first-order valence-corrected chi connectivity index (χ1v) is 4.14. The second-order valence-electron chi connectivity index (χ2n) is 2.40. The molecular weight excluding hydrogens is 152 g/mol. The summed E-state index contributed by atoms with van der Waals surface area (Å²) in [5.74, 6) is -0.183. The molecule has 0 unspecified atom stereocenters. The fourth-order valence-electron chi connectivity index (χ4n) is 0.740. The van der Waals surface area contributed by atoms with Crippen molar-refractivity contribution in [2.45, 2.75) is 26.2 Å². The zero-order chi connectivity index (χ0) is 9.23. The number of carbonyl (C=O) groups excluding carboxylic acids is 1. The van der Waals surface area contributed by atoms with E-state index in [0.717, 1.165) is 12.8 Å². The average Bonchev–Trinajstić information content (AvgIpc) is 2.10. The number of esters is 1. The molecule has 2 nitrogen and oxygen atoms in total. The van der Waals surface area contributed by atoms with Gasteiger partial charge in [0.15, 0.2) is 0 Å². The van der Waals surface area contributed by atoms with Crippen molar-refractivity contribution in [3.8, 4) is 0 Å². The molecule has 0 amide bonds. The van der Waals surface area contributed by atoms with E-state index in [4.69, 9.17) is 0 Å². The Kier molecular flexibility index (Phi) is 7.35. The Hall–Kier alpha value is -1.05. The average molecular weight is 168 g/mol. The molecule has 0 fully saturated rings. The molecule has 0 aromatic heterocycles. The Morgan fingerprint density at radius 2 is 1.92 bits per heavy atom. The molecule has 0 aliphatic rings. The highest BCUT2D eigenvalue weighted by Crippen LogP contribution is 1.94. The molecule has 0 spiro atoms. The Bertz CT molecular complexity index is 169. The summed E-state index contributed by atoms with van der Waals surface area (Å²) >= 11 is 0. The van der Waals surface area contributed by atoms with E-state index in [0.29, 0.717) is 6.42 Å². The first-order valence-electron chi connectivity index (χ1n) is 4.14. The minimum absolute atomic E-state index is 0.183. The third-order valence-electron chi connectivity index (χ3n) is 1.41. The monoisotopic (exact) mass is 168 g/mol. The van der Waals surface area contributed by atoms with E-state index in [1.807, 2.05) is 25.2 Å². The third-order valence-corrected chi connectivity index (χ3v) is 1.41. The molecule has 0 saturated heterocycles. The van der Waals surface area contributed by atoms with Gasteiger partial charge in [-0.3, -0.25) is 4.79 Å². The van der Waals surface area contributed by atoms with E-state index >= 15 is 0 Å². The van der Waals surface area contributed by atoms with Crippen LogP contribution in [0.4, 0.5) is 0 Å². The standard InChI is InChI=1S/C10H16O2/c1-3-4-5-6-7-8-9-10(11)12-2/h3-4,7-8H,5-6,9H2,1-2H3/b4-3+,8-7+. The fourth-order valence-corrected chi connectivity index (χ4v) is 0.740. The number of allylic oxidation sites excluding steroid dienone is 3. The van der Waals surface area contributed by atoms with Crippen LogP contribution in [0.3, 0.4) is 0 Å². The van der Waals surface area contributed by atoms with Gasteiger partial charge >= 0.3 is 5.97 Å². The van der Waals surface area contributed by atoms with Gasteiger partial charge in [-0.2, -0.15) is 0 Å². The topological polar surface area (TPSA) is 26.3 Å². The molecule has 0 heterocycles. The normalized spacial score (nSPS) is 11.2. The predicted octanol–water partition coefficient (Wildman–Crippen LogP) is 2.46. The summed E-state index contributed by atoms with van der Waals surface area (Å²) < 4.78 is 4.47. The molecule has 12 heavy (non-hydrogen) atoms. The van der Waals surface area contributed by atoms with E-state index < -0.39 is 0 Å². The van der Waals surface area contributed by atoms with Crippen LogP contribution in [0.1, 0.15) is 26.2 Å². The molecule has 0 aliphatic heterocycles. The number of methoxy groups -OCH3 is 1. The molecule has 0 atom stereocenters. The van der Waals surface area contributed by atoms with Crippen molar-refractivity contribution in [2.24, 2.45) is 0 Å². The van der Waals surface area contributed by atoms with Gasteiger partial charge in [0, 0.05) is 0 Å². The lowest BCUT2D eigenvalue weighted by molar-refractivity contribution is -0.139. The summed E-state index contributed by atoms with van der Waals surface area (Å²) in [7, 11) is 1.40. The SMILES string of the molecule is C/C=C/CC/C=C/CC(=O)OC. The van der Waals surface area contributed by atoms with E-state index in [1.54, 1.807) is 0 Å². The van der Waals surface area contributed by atoms with Crippen molar-refractivity contribution in [1.82, 2.24) is 0 Å². The van der Waals surface area contributed by atoms with E-state index in [9.17, 15) is 4.79 Å². The van der Waals surface area contributed by atoms with Crippen LogP contribution < -0.4 is 0 Å². The lowest BCUT2D eigenvalue weighted by Gasteiger charge is -1.91. The van der Waals surface area contributed by atoms with Gasteiger partial charge in [0.25, 0.3) is 0 Å². The molecule has 0 N–H and O–H groups in total. The van der Waals surface area contributed by atoms with Crippen LogP contribution >= 0.6 is 0 Å². The Morgan fingerprint density at radius 3 is 2.50 bits per heavy atom. The quantitative estimate of drug-likeness (QED) is 0.358. The molecule has 0 aromatic rings. The summed E-state index contributed by atoms with van der Waals surface area (Å²) in [5, 5.41) is 0. The van der Waals surface area contributed by atoms with Gasteiger partial charge in [0.1, 0.15) is 0 Å². The van der Waals surface area contributed by atoms with Gasteiger partial charge in [-0.15, -0.1) is 0 Å². The van der Waals surface area contributed by atoms with Crippen molar-refractivity contribution in [1.29, 1.82) is 0 Å². The zero-order valence-corrected chi connectivity index (χ0v) is 7.75. The van der Waals surface area contributed by atoms with Crippen LogP contribution in [0.15, 0.2) is 24.3 Å². The zero-order valence-electron chi connectivity index (χ0n) is 7.75. The number of ether oxygens (including phenoxy) is 1. The van der Waals surface area contributed by atoms with E-state index in [1.165, 1.54) is 7.11 Å². The molecule has 0 bridgehead atoms. The van der Waals surface area contributed by atoms with Crippen LogP contribution in [0.25, 0.3) is 0 Å². The number of rotatable bonds is 5. The van der Waals surface area contributed by atoms with Gasteiger partial charge in [-0.1, -0.05) is 24.3 Å². The van der Waals surface area contributed by atoms with Gasteiger partial charge < -0.3 is 4.74 Å². The third kappa shape index (κ3) is 7.06. The second kappa shape index (κ2) is 8.05. The number of carbonyl (C=O) groups is 1. The summed E-state index contributed by atoms with van der Waals surface area (Å²) in [4.78, 5) is 10.6. The molecular formula is C10H16O2. The Balaban J connectivity index is 3.31. The summed E-state index contributed by atoms with van der Waals surface area (Å²) in [5.41, 5.74) is 0. The minimum Gasteiger partial charge on any atom is -0.469 e. The molecule has 68 valence electrons. The molecule has 0 aromatic carbocycles. The molecule has 0 rings (SSSR count). The maximum absolute atomic E-state index is 10.6. The van der Waals surface area contributed by atoms with Crippen LogP contribution in [0.5, 0.6) is 0 Å². The van der Waals surface area contributed by atoms with E-state index in [-0.39, 0.29) is 5.97 Å². The van der Waals surface area contributed by atoms with Crippen LogP contribution in [-0.4, -0.2) is 13.1 Å². The van der Waals surface area contributed by atoms with Gasteiger partial charge in [0.2, 0.25) is 0 Å². The van der Waals surface area contributed by atoms with Crippen molar-refractivity contribution in [3.05, 3.63) is 24.3 Å². The largest absolute Gasteiger partial charge is 0.469 e. The highest BCUT2D eigenvalue weighted by molar-refractivity contribution is 5.70. The molecule has 0 saturated carbocycles. The maximum atomic E-state index is 10.6. The first-order chi connectivity index (χ1) is 5.81. The van der Waals surface area contributed by atoms with Crippen molar-refractivity contribution < 1.29 is 9.53 Å². The smallest absolute Gasteiger partial charge is 0.309 e. The van der Waals surface area contributed by atoms with Crippen molar-refractivity contribution in [3.63, 3.8) is 0 Å². The fraction of sp³-hybridized carbons (Fsp3) is 0.500. The highest BCUT2D eigenvalue weighted by atomic mass is 16.5. The summed E-state index contributed by atoms with van der Waals surface area (Å²) in [6.45, 7) is 2.00. The van der Waals surface area contributed by atoms with Gasteiger partial charge in [0.05, 0.1) is 13.5 Å². The second-order valence-corrected chi connectivity index (χ2v) is 2.40. The lowest BCUT2D eigenvalue weighted by atomic mass is 10.2. The molecule has 0 aliphatic carbocycles. The minimum atomic E-state index is -0.183. The van der Waals surface area contributed by atoms with Gasteiger partial charge in [-0.05, 0) is 19.8 Å². The number of hydrogen-bond donors (Lipinski definition) is 0. The van der Waals surface area contributed by atoms with Gasteiger partial charge in [-0.25, -0.2) is 0 Å². The van der Waals surface area contributed by atoms with Crippen molar-refractivity contribution >= 4 is 5.97 Å². The van der Waals surface area contributed by atoms with Crippen LogP contribution in [-0.2, 0) is 9.53 Å². The van der Waals surface area contributed by atoms with Crippen LogP contribution in [0, 0.1) is 0 Å². The molecule has 2 heteroatoms. The van der Waals surface area contributed by atoms with Crippen molar-refractivity contribution in [2.75, 3.05) is 7.11 Å². The Morgan fingerprint density at radius 1 is 1.25 bits per heavy atom. The lowest BCUT2D eigenvalue weighted by Crippen LogP contribution is -1.96. The van der Waals surface area contributed by atoms with Crippen LogP contribution in [0.2, 0.25) is 0 Å².